The number of benzene rings is 1. The second-order valence-electron chi connectivity index (χ2n) is 3.53. The van der Waals surface area contributed by atoms with Crippen LogP contribution >= 0.6 is 0 Å². The summed E-state index contributed by atoms with van der Waals surface area (Å²) in [6, 6.07) is 2.27. The van der Waals surface area contributed by atoms with Crippen molar-refractivity contribution in [2.24, 2.45) is 0 Å². The SMILES string of the molecule is CCc1cc(C(C)=O)cc([N+](=O)[O-])c1OC(F)F. The van der Waals surface area contributed by atoms with E-state index in [1.54, 1.807) is 6.92 Å². The van der Waals surface area contributed by atoms with Crippen LogP contribution in [0, 0.1) is 10.1 Å². The normalized spacial score (nSPS) is 10.5. The van der Waals surface area contributed by atoms with Gasteiger partial charge in [-0.05, 0) is 19.4 Å². The minimum absolute atomic E-state index is 0.0974. The lowest BCUT2D eigenvalue weighted by Gasteiger charge is -2.11. The molecule has 7 heteroatoms. The molecule has 0 fully saturated rings. The molecule has 5 nitrogen and oxygen atoms in total. The molecule has 18 heavy (non-hydrogen) atoms. The smallest absolute Gasteiger partial charge is 0.387 e. The van der Waals surface area contributed by atoms with E-state index in [0.29, 0.717) is 0 Å². The molecule has 0 heterocycles. The number of carbonyl (C=O) groups is 1. The van der Waals surface area contributed by atoms with Gasteiger partial charge in [0.15, 0.2) is 5.78 Å². The largest absolute Gasteiger partial charge is 0.427 e. The summed E-state index contributed by atoms with van der Waals surface area (Å²) in [4.78, 5) is 21.2. The molecular formula is C11H11F2NO4. The summed E-state index contributed by atoms with van der Waals surface area (Å²) >= 11 is 0. The Kier molecular flexibility index (Phi) is 4.30. The summed E-state index contributed by atoms with van der Waals surface area (Å²) in [5, 5.41) is 10.8. The minimum atomic E-state index is -3.16. The molecule has 0 aliphatic carbocycles. The van der Waals surface area contributed by atoms with Crippen molar-refractivity contribution in [1.82, 2.24) is 0 Å². The number of ketones is 1. The van der Waals surface area contributed by atoms with Crippen LogP contribution in [0.5, 0.6) is 5.75 Å². The molecule has 0 aliphatic rings. The first kappa shape index (κ1) is 14.0. The first-order valence-corrected chi connectivity index (χ1v) is 5.13. The molecule has 0 saturated carbocycles. The van der Waals surface area contributed by atoms with E-state index in [1.807, 2.05) is 0 Å². The third-order valence-corrected chi connectivity index (χ3v) is 2.34. The number of rotatable bonds is 5. The predicted molar refractivity (Wildman–Crippen MR) is 59.1 cm³/mol. The number of nitrogens with zero attached hydrogens (tertiary/aromatic N) is 1. The molecule has 0 bridgehead atoms. The maximum atomic E-state index is 12.2. The van der Waals surface area contributed by atoms with Gasteiger partial charge in [0.2, 0.25) is 5.75 Å². The fourth-order valence-electron chi connectivity index (χ4n) is 1.50. The quantitative estimate of drug-likeness (QED) is 0.463. The van der Waals surface area contributed by atoms with Gasteiger partial charge in [-0.2, -0.15) is 8.78 Å². The molecule has 0 spiro atoms. The summed E-state index contributed by atoms with van der Waals surface area (Å²) < 4.78 is 28.6. The number of hydrogen-bond donors (Lipinski definition) is 0. The van der Waals surface area contributed by atoms with Crippen LogP contribution in [-0.2, 0) is 6.42 Å². The van der Waals surface area contributed by atoms with Crippen LogP contribution in [0.1, 0.15) is 29.8 Å². The van der Waals surface area contributed by atoms with Crippen molar-refractivity contribution in [3.63, 3.8) is 0 Å². The topological polar surface area (TPSA) is 69.4 Å². The van der Waals surface area contributed by atoms with Crippen LogP contribution < -0.4 is 4.74 Å². The van der Waals surface area contributed by atoms with E-state index >= 15 is 0 Å². The van der Waals surface area contributed by atoms with Crippen LogP contribution in [0.3, 0.4) is 0 Å². The van der Waals surface area contributed by atoms with Crippen molar-refractivity contribution in [2.45, 2.75) is 26.9 Å². The fourth-order valence-corrected chi connectivity index (χ4v) is 1.50. The monoisotopic (exact) mass is 259 g/mol. The second-order valence-corrected chi connectivity index (χ2v) is 3.53. The summed E-state index contributed by atoms with van der Waals surface area (Å²) in [6.45, 7) is -0.287. The van der Waals surface area contributed by atoms with Crippen LogP contribution in [0.15, 0.2) is 12.1 Å². The average molecular weight is 259 g/mol. The lowest BCUT2D eigenvalue weighted by molar-refractivity contribution is -0.386. The van der Waals surface area contributed by atoms with Crippen molar-refractivity contribution in [2.75, 3.05) is 0 Å². The first-order chi connectivity index (χ1) is 8.36. The molecule has 1 aromatic carbocycles. The van der Waals surface area contributed by atoms with Gasteiger partial charge in [-0.1, -0.05) is 6.92 Å². The van der Waals surface area contributed by atoms with Gasteiger partial charge in [-0.15, -0.1) is 0 Å². The average Bonchev–Trinajstić information content (AvgIpc) is 2.27. The minimum Gasteiger partial charge on any atom is -0.427 e. The first-order valence-electron chi connectivity index (χ1n) is 5.13. The second kappa shape index (κ2) is 5.52. The Morgan fingerprint density at radius 1 is 1.50 bits per heavy atom. The number of halogens is 2. The fraction of sp³-hybridized carbons (Fsp3) is 0.364. The Balaban J connectivity index is 3.45. The van der Waals surface area contributed by atoms with E-state index in [0.717, 1.165) is 6.07 Å². The van der Waals surface area contributed by atoms with Crippen LogP contribution in [0.4, 0.5) is 14.5 Å². The lowest BCUT2D eigenvalue weighted by atomic mass is 10.0. The number of carbonyl (C=O) groups excluding carboxylic acids is 1. The zero-order valence-corrected chi connectivity index (χ0v) is 9.78. The lowest BCUT2D eigenvalue weighted by Crippen LogP contribution is -2.08. The molecule has 0 saturated heterocycles. The van der Waals surface area contributed by atoms with Gasteiger partial charge in [0.25, 0.3) is 0 Å². The van der Waals surface area contributed by atoms with E-state index in [4.69, 9.17) is 0 Å². The molecule has 0 radical (unpaired) electrons. The summed E-state index contributed by atoms with van der Waals surface area (Å²) in [6.07, 6.45) is 0.240. The maximum Gasteiger partial charge on any atom is 0.387 e. The van der Waals surface area contributed by atoms with Crippen LogP contribution in [0.25, 0.3) is 0 Å². The number of Topliss-reactive ketones (excluding diaryl/α,β-unsaturated/α-hetero) is 1. The molecule has 1 aromatic rings. The molecule has 98 valence electrons. The Bertz CT molecular complexity index is 488. The Morgan fingerprint density at radius 3 is 2.50 bits per heavy atom. The van der Waals surface area contributed by atoms with E-state index in [2.05, 4.69) is 4.74 Å². The van der Waals surface area contributed by atoms with Gasteiger partial charge in [-0.3, -0.25) is 14.9 Å². The van der Waals surface area contributed by atoms with E-state index in [-0.39, 0.29) is 23.3 Å². The zero-order chi connectivity index (χ0) is 13.9. The van der Waals surface area contributed by atoms with Crippen molar-refractivity contribution in [3.8, 4) is 5.75 Å². The highest BCUT2D eigenvalue weighted by atomic mass is 19.3. The standard InChI is InChI=1S/C11H11F2NO4/c1-3-7-4-8(6(2)15)5-9(14(16)17)10(7)18-11(12)13/h4-5,11H,3H2,1-2H3. The Morgan fingerprint density at radius 2 is 2.11 bits per heavy atom. The zero-order valence-electron chi connectivity index (χ0n) is 9.78. The third-order valence-electron chi connectivity index (χ3n) is 2.34. The van der Waals surface area contributed by atoms with Crippen molar-refractivity contribution in [3.05, 3.63) is 33.4 Å². The highest BCUT2D eigenvalue weighted by Crippen LogP contribution is 2.34. The van der Waals surface area contributed by atoms with Crippen LogP contribution in [0.2, 0.25) is 0 Å². The number of aryl methyl sites for hydroxylation is 1. The van der Waals surface area contributed by atoms with Crippen molar-refractivity contribution in [1.29, 1.82) is 0 Å². The molecule has 0 aliphatic heterocycles. The third kappa shape index (κ3) is 2.99. The summed E-state index contributed by atoms with van der Waals surface area (Å²) in [5.41, 5.74) is -0.324. The Hall–Kier alpha value is -2.05. The van der Waals surface area contributed by atoms with Gasteiger partial charge < -0.3 is 4.74 Å². The van der Waals surface area contributed by atoms with E-state index in [9.17, 15) is 23.7 Å². The van der Waals surface area contributed by atoms with Crippen molar-refractivity contribution < 1.29 is 23.2 Å². The molecule has 0 unspecified atom stereocenters. The number of hydrogen-bond acceptors (Lipinski definition) is 4. The highest BCUT2D eigenvalue weighted by Gasteiger charge is 2.24. The predicted octanol–water partition coefficient (Wildman–Crippen LogP) is 2.96. The highest BCUT2D eigenvalue weighted by molar-refractivity contribution is 5.95. The van der Waals surface area contributed by atoms with Gasteiger partial charge in [0, 0.05) is 17.2 Å². The van der Waals surface area contributed by atoms with Crippen LogP contribution in [-0.4, -0.2) is 17.3 Å². The van der Waals surface area contributed by atoms with Gasteiger partial charge in [0.05, 0.1) is 4.92 Å². The molecular weight excluding hydrogens is 248 g/mol. The maximum absolute atomic E-state index is 12.2. The molecule has 0 aromatic heterocycles. The van der Waals surface area contributed by atoms with Crippen molar-refractivity contribution >= 4 is 11.5 Å². The van der Waals surface area contributed by atoms with Gasteiger partial charge in [0.1, 0.15) is 0 Å². The number of nitro benzene ring substituents is 1. The van der Waals surface area contributed by atoms with Gasteiger partial charge in [-0.25, -0.2) is 0 Å². The van der Waals surface area contributed by atoms with E-state index in [1.165, 1.54) is 13.0 Å². The Labute approximate surface area is 102 Å². The molecule has 0 N–H and O–H groups in total. The number of nitro groups is 1. The van der Waals surface area contributed by atoms with E-state index < -0.39 is 23.0 Å². The number of ether oxygens (including phenoxy) is 1. The molecule has 0 amide bonds. The molecule has 0 atom stereocenters. The number of alkyl halides is 2. The summed E-state index contributed by atoms with van der Waals surface area (Å²) in [7, 11) is 0. The molecule has 1 rings (SSSR count). The summed E-state index contributed by atoms with van der Waals surface area (Å²) in [5.74, 6) is -0.862. The van der Waals surface area contributed by atoms with Gasteiger partial charge >= 0.3 is 12.3 Å².